The summed E-state index contributed by atoms with van der Waals surface area (Å²) in [5.74, 6) is 0.131. The van der Waals surface area contributed by atoms with Gasteiger partial charge in [0, 0.05) is 23.5 Å². The molecule has 1 atom stereocenters. The Morgan fingerprint density at radius 2 is 1.88 bits per heavy atom. The zero-order valence-electron chi connectivity index (χ0n) is 18.5. The summed E-state index contributed by atoms with van der Waals surface area (Å²) in [5, 5.41) is 2.98. The lowest BCUT2D eigenvalue weighted by molar-refractivity contribution is -0.123. The Bertz CT molecular complexity index is 1260. The summed E-state index contributed by atoms with van der Waals surface area (Å²) in [5.41, 5.74) is 5.18. The van der Waals surface area contributed by atoms with E-state index in [1.165, 1.54) is 23.9 Å². The van der Waals surface area contributed by atoms with Crippen LogP contribution in [-0.2, 0) is 16.2 Å². The fourth-order valence-electron chi connectivity index (χ4n) is 4.55. The van der Waals surface area contributed by atoms with Gasteiger partial charge >= 0.3 is 6.03 Å². The second-order valence-electron chi connectivity index (χ2n) is 8.41. The predicted molar refractivity (Wildman–Crippen MR) is 130 cm³/mol. The van der Waals surface area contributed by atoms with E-state index in [1.54, 1.807) is 21.9 Å². The van der Waals surface area contributed by atoms with Gasteiger partial charge in [-0.15, -0.1) is 11.8 Å². The fraction of sp³-hybridized carbons (Fsp3) is 0.231. The number of rotatable bonds is 3. The molecule has 5 rings (SSSR count). The number of para-hydroxylation sites is 1. The van der Waals surface area contributed by atoms with Crippen LogP contribution in [0.2, 0.25) is 0 Å². The molecule has 2 heterocycles. The van der Waals surface area contributed by atoms with Crippen molar-refractivity contribution in [3.8, 4) is 0 Å². The number of hydrogen-bond donors (Lipinski definition) is 1. The van der Waals surface area contributed by atoms with Crippen LogP contribution in [0.1, 0.15) is 22.3 Å². The van der Waals surface area contributed by atoms with Gasteiger partial charge in [-0.25, -0.2) is 9.18 Å². The van der Waals surface area contributed by atoms with Gasteiger partial charge in [0.2, 0.25) is 0 Å². The molecule has 0 radical (unpaired) electrons. The van der Waals surface area contributed by atoms with Crippen LogP contribution in [0.3, 0.4) is 0 Å². The number of benzene rings is 3. The Balaban J connectivity index is 1.50. The van der Waals surface area contributed by atoms with E-state index < -0.39 is 4.87 Å². The minimum atomic E-state index is -1.13. The van der Waals surface area contributed by atoms with Crippen molar-refractivity contribution in [3.05, 3.63) is 94.8 Å². The van der Waals surface area contributed by atoms with Gasteiger partial charge in [-0.05, 0) is 60.9 Å². The minimum Gasteiger partial charge on any atom is -0.308 e. The average Bonchev–Trinajstić information content (AvgIpc) is 3.34. The monoisotopic (exact) mass is 461 g/mol. The minimum absolute atomic E-state index is 0.175. The van der Waals surface area contributed by atoms with E-state index in [0.29, 0.717) is 23.5 Å². The largest absolute Gasteiger partial charge is 0.323 e. The van der Waals surface area contributed by atoms with Gasteiger partial charge in [0.15, 0.2) is 4.87 Å². The molecule has 1 spiro atoms. The SMILES string of the molecule is Cc1ccc(NC(=O)N2CCSC23C(=O)N(Cc2cccc(F)c2)c2ccccc23)cc1C. The number of amides is 3. The van der Waals surface area contributed by atoms with Crippen LogP contribution in [0, 0.1) is 19.7 Å². The molecular weight excluding hydrogens is 437 g/mol. The normalized spacial score (nSPS) is 19.3. The summed E-state index contributed by atoms with van der Waals surface area (Å²) >= 11 is 1.47. The Hall–Kier alpha value is -3.32. The van der Waals surface area contributed by atoms with Crippen LogP contribution < -0.4 is 10.2 Å². The summed E-state index contributed by atoms with van der Waals surface area (Å²) in [7, 11) is 0. The molecule has 3 aromatic rings. The molecule has 1 unspecified atom stereocenters. The van der Waals surface area contributed by atoms with E-state index in [2.05, 4.69) is 5.32 Å². The number of carbonyl (C=O) groups excluding carboxylic acids is 2. The third kappa shape index (κ3) is 3.56. The van der Waals surface area contributed by atoms with E-state index >= 15 is 0 Å². The number of nitrogens with one attached hydrogen (secondary N) is 1. The molecule has 5 nitrogen and oxygen atoms in total. The molecule has 3 amide bonds. The lowest BCUT2D eigenvalue weighted by Gasteiger charge is -2.33. The topological polar surface area (TPSA) is 52.7 Å². The van der Waals surface area contributed by atoms with Gasteiger partial charge < -0.3 is 10.2 Å². The smallest absolute Gasteiger partial charge is 0.308 e. The van der Waals surface area contributed by atoms with E-state index in [1.807, 2.05) is 56.3 Å². The molecule has 1 fully saturated rings. The molecule has 33 heavy (non-hydrogen) atoms. The number of thioether (sulfide) groups is 1. The molecule has 7 heteroatoms. The van der Waals surface area contributed by atoms with E-state index in [9.17, 15) is 14.0 Å². The molecule has 0 aliphatic carbocycles. The molecule has 3 aromatic carbocycles. The van der Waals surface area contributed by atoms with Crippen LogP contribution in [0.5, 0.6) is 0 Å². The highest BCUT2D eigenvalue weighted by Gasteiger charge is 2.59. The van der Waals surface area contributed by atoms with Crippen LogP contribution in [0.15, 0.2) is 66.7 Å². The lowest BCUT2D eigenvalue weighted by atomic mass is 10.1. The number of halogens is 1. The van der Waals surface area contributed by atoms with Crippen molar-refractivity contribution < 1.29 is 14.0 Å². The van der Waals surface area contributed by atoms with Crippen molar-refractivity contribution in [3.63, 3.8) is 0 Å². The summed E-state index contributed by atoms with van der Waals surface area (Å²) in [6.07, 6.45) is 0. The zero-order valence-corrected chi connectivity index (χ0v) is 19.3. The number of hydrogen-bond acceptors (Lipinski definition) is 3. The molecular formula is C26H24FN3O2S. The highest BCUT2D eigenvalue weighted by molar-refractivity contribution is 8.01. The van der Waals surface area contributed by atoms with Crippen molar-refractivity contribution in [1.82, 2.24) is 4.90 Å². The van der Waals surface area contributed by atoms with Crippen LogP contribution >= 0.6 is 11.8 Å². The Labute approximate surface area is 196 Å². The number of urea groups is 1. The fourth-order valence-corrected chi connectivity index (χ4v) is 6.01. The predicted octanol–water partition coefficient (Wildman–Crippen LogP) is 5.42. The first-order valence-electron chi connectivity index (χ1n) is 10.9. The second-order valence-corrected chi connectivity index (χ2v) is 9.70. The van der Waals surface area contributed by atoms with E-state index in [4.69, 9.17) is 0 Å². The molecule has 2 aliphatic heterocycles. The van der Waals surface area contributed by atoms with Gasteiger partial charge in [-0.1, -0.05) is 36.4 Å². The quantitative estimate of drug-likeness (QED) is 0.566. The maximum atomic E-state index is 13.9. The van der Waals surface area contributed by atoms with Crippen molar-refractivity contribution in [2.45, 2.75) is 25.3 Å². The van der Waals surface area contributed by atoms with E-state index in [-0.39, 0.29) is 24.3 Å². The highest BCUT2D eigenvalue weighted by atomic mass is 32.2. The van der Waals surface area contributed by atoms with Crippen molar-refractivity contribution in [2.24, 2.45) is 0 Å². The summed E-state index contributed by atoms with van der Waals surface area (Å²) < 4.78 is 13.8. The standard InChI is InChI=1S/C26H24FN3O2S/c1-17-10-11-21(14-18(17)2)28-25(32)30-12-13-33-26(30)22-8-3-4-9-23(22)29(24(26)31)16-19-6-5-7-20(27)15-19/h3-11,14-15H,12-13,16H2,1-2H3,(H,28,32). The summed E-state index contributed by atoms with van der Waals surface area (Å²) in [4.78, 5) is 29.5. The van der Waals surface area contributed by atoms with Crippen molar-refractivity contribution in [1.29, 1.82) is 0 Å². The molecule has 1 saturated heterocycles. The van der Waals surface area contributed by atoms with Gasteiger partial charge in [0.1, 0.15) is 5.82 Å². The van der Waals surface area contributed by atoms with Gasteiger partial charge in [-0.2, -0.15) is 0 Å². The average molecular weight is 462 g/mol. The Morgan fingerprint density at radius 3 is 2.67 bits per heavy atom. The van der Waals surface area contributed by atoms with Gasteiger partial charge in [-0.3, -0.25) is 9.69 Å². The van der Waals surface area contributed by atoms with Gasteiger partial charge in [0.25, 0.3) is 5.91 Å². The zero-order chi connectivity index (χ0) is 23.2. The molecule has 0 bridgehead atoms. The van der Waals surface area contributed by atoms with Gasteiger partial charge in [0.05, 0.1) is 12.2 Å². The van der Waals surface area contributed by atoms with Crippen molar-refractivity contribution >= 4 is 35.1 Å². The number of nitrogens with zero attached hydrogens (tertiary/aromatic N) is 2. The number of fused-ring (bicyclic) bond motifs is 2. The third-order valence-corrected chi connectivity index (χ3v) is 7.75. The molecule has 2 aliphatic rings. The molecule has 0 aromatic heterocycles. The molecule has 1 N–H and O–H groups in total. The highest BCUT2D eigenvalue weighted by Crippen LogP contribution is 2.54. The van der Waals surface area contributed by atoms with Crippen LogP contribution in [-0.4, -0.2) is 29.1 Å². The third-order valence-electron chi connectivity index (χ3n) is 6.33. The number of carbonyl (C=O) groups is 2. The number of aryl methyl sites for hydroxylation is 2. The van der Waals surface area contributed by atoms with Crippen molar-refractivity contribution in [2.75, 3.05) is 22.5 Å². The Morgan fingerprint density at radius 1 is 1.06 bits per heavy atom. The maximum Gasteiger partial charge on any atom is 0.323 e. The first-order chi connectivity index (χ1) is 15.9. The maximum absolute atomic E-state index is 13.9. The first-order valence-corrected chi connectivity index (χ1v) is 11.8. The Kier molecular flexibility index (Phi) is 5.37. The lowest BCUT2D eigenvalue weighted by Crippen LogP contribution is -2.51. The van der Waals surface area contributed by atoms with Crippen LogP contribution in [0.25, 0.3) is 0 Å². The van der Waals surface area contributed by atoms with E-state index in [0.717, 1.165) is 22.4 Å². The summed E-state index contributed by atoms with van der Waals surface area (Å²) in [6, 6.07) is 19.3. The second kappa shape index (κ2) is 8.23. The molecule has 168 valence electrons. The van der Waals surface area contributed by atoms with Crippen LogP contribution in [0.4, 0.5) is 20.6 Å². The molecule has 0 saturated carbocycles. The number of anilines is 2. The first kappa shape index (κ1) is 21.5. The summed E-state index contributed by atoms with van der Waals surface area (Å²) in [6.45, 7) is 4.71.